The van der Waals surface area contributed by atoms with Crippen molar-refractivity contribution in [2.45, 2.75) is 6.17 Å². The smallest absolute Gasteiger partial charge is 0.146 e. The third-order valence-corrected chi connectivity index (χ3v) is 1.55. The van der Waals surface area contributed by atoms with E-state index in [4.69, 9.17) is 5.73 Å². The zero-order chi connectivity index (χ0) is 6.97. The highest BCUT2D eigenvalue weighted by Gasteiger charge is 2.13. The highest BCUT2D eigenvalue weighted by molar-refractivity contribution is 5.48. The fraction of sp³-hybridized carbons (Fsp3) is 0.143. The fourth-order valence-electron chi connectivity index (χ4n) is 1.02. The van der Waals surface area contributed by atoms with Crippen molar-refractivity contribution in [3.8, 4) is 0 Å². The van der Waals surface area contributed by atoms with Gasteiger partial charge in [0.2, 0.25) is 0 Å². The molecular weight excluding hydrogens is 126 g/mol. The van der Waals surface area contributed by atoms with Crippen LogP contribution in [-0.4, -0.2) is 0 Å². The van der Waals surface area contributed by atoms with Gasteiger partial charge in [-0.15, -0.1) is 0 Å². The van der Waals surface area contributed by atoms with Crippen LogP contribution in [0, 0.1) is 0 Å². The van der Waals surface area contributed by atoms with E-state index in [9.17, 15) is 0 Å². The van der Waals surface area contributed by atoms with Crippen LogP contribution in [-0.2, 0) is 0 Å². The molecule has 1 aliphatic heterocycles. The average molecular weight is 133 g/mol. The molecule has 1 atom stereocenters. The quantitative estimate of drug-likeness (QED) is 0.575. The zero-order valence-corrected chi connectivity index (χ0v) is 5.36. The zero-order valence-electron chi connectivity index (χ0n) is 5.36. The maximum Gasteiger partial charge on any atom is 0.146 e. The van der Waals surface area contributed by atoms with E-state index >= 15 is 0 Å². The maximum atomic E-state index is 5.59. The van der Waals surface area contributed by atoms with Gasteiger partial charge in [-0.25, -0.2) is 0 Å². The van der Waals surface area contributed by atoms with Crippen molar-refractivity contribution < 1.29 is 0 Å². The molecule has 1 aromatic rings. The number of rotatable bonds is 0. The maximum absolute atomic E-state index is 5.59. The lowest BCUT2D eigenvalue weighted by atomic mass is 10.1. The van der Waals surface area contributed by atoms with Gasteiger partial charge in [0.05, 0.1) is 5.69 Å². The van der Waals surface area contributed by atoms with E-state index in [1.165, 1.54) is 0 Å². The first-order valence-corrected chi connectivity index (χ1v) is 3.13. The van der Waals surface area contributed by atoms with Crippen LogP contribution in [0.4, 0.5) is 5.69 Å². The molecule has 0 spiro atoms. The lowest BCUT2D eigenvalue weighted by molar-refractivity contribution is 0.769. The van der Waals surface area contributed by atoms with E-state index in [0.717, 1.165) is 11.3 Å². The van der Waals surface area contributed by atoms with Gasteiger partial charge < -0.3 is 5.73 Å². The number of hydrogen-bond acceptors (Lipinski definition) is 3. The standard InChI is InChI=1S/C7H7N3/c8-7-5-3-1-2-4-6(5)9-10-7/h1-4,7H,8H2. The number of benzene rings is 1. The minimum Gasteiger partial charge on any atom is -0.304 e. The molecule has 1 heterocycles. The molecule has 10 heavy (non-hydrogen) atoms. The second kappa shape index (κ2) is 1.88. The molecule has 0 bridgehead atoms. The minimum absolute atomic E-state index is 0.240. The molecule has 0 amide bonds. The number of azo groups is 1. The fourth-order valence-corrected chi connectivity index (χ4v) is 1.02. The van der Waals surface area contributed by atoms with Crippen LogP contribution < -0.4 is 5.73 Å². The molecule has 0 saturated carbocycles. The van der Waals surface area contributed by atoms with Crippen LogP contribution in [0.15, 0.2) is 34.5 Å². The highest BCUT2D eigenvalue weighted by atomic mass is 15.2. The molecule has 0 radical (unpaired) electrons. The second-order valence-corrected chi connectivity index (χ2v) is 2.22. The van der Waals surface area contributed by atoms with Crippen LogP contribution in [0.25, 0.3) is 0 Å². The summed E-state index contributed by atoms with van der Waals surface area (Å²) in [4.78, 5) is 0. The Morgan fingerprint density at radius 1 is 1.30 bits per heavy atom. The van der Waals surface area contributed by atoms with E-state index in [0.29, 0.717) is 0 Å². The minimum atomic E-state index is -0.240. The molecule has 0 fully saturated rings. The topological polar surface area (TPSA) is 50.7 Å². The van der Waals surface area contributed by atoms with E-state index < -0.39 is 0 Å². The van der Waals surface area contributed by atoms with Gasteiger partial charge in [0.15, 0.2) is 0 Å². The summed E-state index contributed by atoms with van der Waals surface area (Å²) >= 11 is 0. The largest absolute Gasteiger partial charge is 0.304 e. The van der Waals surface area contributed by atoms with Crippen molar-refractivity contribution in [1.82, 2.24) is 0 Å². The molecule has 2 rings (SSSR count). The average Bonchev–Trinajstić information content (AvgIpc) is 2.34. The molecule has 3 heteroatoms. The lowest BCUT2D eigenvalue weighted by Gasteiger charge is -1.97. The Bertz CT molecular complexity index is 280. The van der Waals surface area contributed by atoms with E-state index in [1.54, 1.807) is 0 Å². The number of nitrogens with two attached hydrogens (primary N) is 1. The Balaban J connectivity index is 2.59. The predicted octanol–water partition coefficient (Wildman–Crippen LogP) is 1.74. The summed E-state index contributed by atoms with van der Waals surface area (Å²) in [6.07, 6.45) is -0.240. The van der Waals surface area contributed by atoms with Crippen molar-refractivity contribution in [1.29, 1.82) is 0 Å². The van der Waals surface area contributed by atoms with Crippen LogP contribution in [0.3, 0.4) is 0 Å². The van der Waals surface area contributed by atoms with Gasteiger partial charge in [-0.2, -0.15) is 10.2 Å². The SMILES string of the molecule is NC1N=Nc2ccccc21. The molecule has 1 unspecified atom stereocenters. The van der Waals surface area contributed by atoms with Gasteiger partial charge in [0.25, 0.3) is 0 Å². The molecule has 1 aromatic carbocycles. The van der Waals surface area contributed by atoms with E-state index in [2.05, 4.69) is 10.2 Å². The first-order valence-electron chi connectivity index (χ1n) is 3.13. The van der Waals surface area contributed by atoms with Gasteiger partial charge in [0.1, 0.15) is 6.17 Å². The lowest BCUT2D eigenvalue weighted by Crippen LogP contribution is -2.02. The van der Waals surface area contributed by atoms with Crippen molar-refractivity contribution in [2.75, 3.05) is 0 Å². The molecular formula is C7H7N3. The molecule has 3 nitrogen and oxygen atoms in total. The highest BCUT2D eigenvalue weighted by Crippen LogP contribution is 2.31. The summed E-state index contributed by atoms with van der Waals surface area (Å²) in [5.74, 6) is 0. The van der Waals surface area contributed by atoms with Crippen LogP contribution >= 0.6 is 0 Å². The van der Waals surface area contributed by atoms with E-state index in [1.807, 2.05) is 24.3 Å². The molecule has 50 valence electrons. The Morgan fingerprint density at radius 3 is 2.90 bits per heavy atom. The molecule has 2 N–H and O–H groups in total. The first kappa shape index (κ1) is 5.56. The molecule has 0 saturated heterocycles. The molecule has 1 aliphatic rings. The molecule has 0 aliphatic carbocycles. The first-order chi connectivity index (χ1) is 4.88. The van der Waals surface area contributed by atoms with Crippen molar-refractivity contribution in [2.24, 2.45) is 16.0 Å². The van der Waals surface area contributed by atoms with Gasteiger partial charge in [0, 0.05) is 5.56 Å². The van der Waals surface area contributed by atoms with Crippen molar-refractivity contribution in [3.63, 3.8) is 0 Å². The van der Waals surface area contributed by atoms with Gasteiger partial charge in [-0.05, 0) is 6.07 Å². The van der Waals surface area contributed by atoms with Crippen LogP contribution in [0.5, 0.6) is 0 Å². The van der Waals surface area contributed by atoms with E-state index in [-0.39, 0.29) is 6.17 Å². The summed E-state index contributed by atoms with van der Waals surface area (Å²) < 4.78 is 0. The number of hydrogen-bond donors (Lipinski definition) is 1. The van der Waals surface area contributed by atoms with Crippen molar-refractivity contribution >= 4 is 5.69 Å². The summed E-state index contributed by atoms with van der Waals surface area (Å²) in [5.41, 5.74) is 7.50. The van der Waals surface area contributed by atoms with Gasteiger partial charge >= 0.3 is 0 Å². The molecule has 0 aromatic heterocycles. The van der Waals surface area contributed by atoms with Gasteiger partial charge in [-0.3, -0.25) is 0 Å². The number of fused-ring (bicyclic) bond motifs is 1. The summed E-state index contributed by atoms with van der Waals surface area (Å²) in [5, 5.41) is 7.69. The van der Waals surface area contributed by atoms with Crippen LogP contribution in [0.2, 0.25) is 0 Å². The van der Waals surface area contributed by atoms with Crippen LogP contribution in [0.1, 0.15) is 11.7 Å². The monoisotopic (exact) mass is 133 g/mol. The summed E-state index contributed by atoms with van der Waals surface area (Å²) in [6, 6.07) is 7.72. The Hall–Kier alpha value is -1.22. The third kappa shape index (κ3) is 0.642. The Morgan fingerprint density at radius 2 is 2.10 bits per heavy atom. The predicted molar refractivity (Wildman–Crippen MR) is 37.9 cm³/mol. The van der Waals surface area contributed by atoms with Crippen molar-refractivity contribution in [3.05, 3.63) is 29.8 Å². The number of nitrogens with zero attached hydrogens (tertiary/aromatic N) is 2. The Labute approximate surface area is 58.6 Å². The summed E-state index contributed by atoms with van der Waals surface area (Å²) in [6.45, 7) is 0. The summed E-state index contributed by atoms with van der Waals surface area (Å²) in [7, 11) is 0. The van der Waals surface area contributed by atoms with Gasteiger partial charge in [-0.1, -0.05) is 18.2 Å². The second-order valence-electron chi connectivity index (χ2n) is 2.22. The normalized spacial score (nSPS) is 21.1. The Kier molecular flexibility index (Phi) is 1.05. The third-order valence-electron chi connectivity index (χ3n) is 1.55.